The SMILES string of the molecule is Cc1ccsc1S(=O)(=O)N1CCC2(COCc3cnc(N4CCOCC4)nc32)C1. The monoisotopic (exact) mass is 436 g/mol. The fourth-order valence-corrected chi connectivity index (χ4v) is 7.47. The molecule has 3 aliphatic heterocycles. The molecule has 10 heteroatoms. The van der Waals surface area contributed by atoms with Crippen LogP contribution in [0.3, 0.4) is 0 Å². The molecule has 3 aliphatic rings. The van der Waals surface area contributed by atoms with Gasteiger partial charge in [-0.15, -0.1) is 11.3 Å². The van der Waals surface area contributed by atoms with E-state index in [0.717, 1.165) is 29.9 Å². The summed E-state index contributed by atoms with van der Waals surface area (Å²) in [5.41, 5.74) is 2.28. The third-order valence-corrected chi connectivity index (χ3v) is 9.50. The van der Waals surface area contributed by atoms with Gasteiger partial charge in [0.25, 0.3) is 10.0 Å². The maximum absolute atomic E-state index is 13.2. The van der Waals surface area contributed by atoms with Gasteiger partial charge in [0.2, 0.25) is 5.95 Å². The highest BCUT2D eigenvalue weighted by atomic mass is 32.2. The number of hydrogen-bond donors (Lipinski definition) is 0. The zero-order chi connectivity index (χ0) is 20.1. The van der Waals surface area contributed by atoms with Crippen LogP contribution in [0, 0.1) is 6.92 Å². The third kappa shape index (κ3) is 3.27. The molecule has 1 atom stereocenters. The van der Waals surface area contributed by atoms with Gasteiger partial charge in [-0.25, -0.2) is 18.4 Å². The first-order chi connectivity index (χ1) is 14.0. The predicted octanol–water partition coefficient (Wildman–Crippen LogP) is 1.55. The van der Waals surface area contributed by atoms with E-state index in [4.69, 9.17) is 14.5 Å². The maximum Gasteiger partial charge on any atom is 0.252 e. The quantitative estimate of drug-likeness (QED) is 0.722. The van der Waals surface area contributed by atoms with Crippen molar-refractivity contribution in [2.45, 2.75) is 29.6 Å². The van der Waals surface area contributed by atoms with Crippen molar-refractivity contribution >= 4 is 27.3 Å². The van der Waals surface area contributed by atoms with Gasteiger partial charge in [-0.2, -0.15) is 4.31 Å². The van der Waals surface area contributed by atoms with Crippen LogP contribution in [0.5, 0.6) is 0 Å². The van der Waals surface area contributed by atoms with Crippen LogP contribution in [0.15, 0.2) is 21.9 Å². The summed E-state index contributed by atoms with van der Waals surface area (Å²) in [6, 6.07) is 1.85. The second-order valence-electron chi connectivity index (χ2n) is 7.90. The molecule has 2 saturated heterocycles. The predicted molar refractivity (Wildman–Crippen MR) is 109 cm³/mol. The summed E-state index contributed by atoms with van der Waals surface area (Å²) in [5, 5.41) is 1.83. The Morgan fingerprint density at radius 2 is 2.03 bits per heavy atom. The number of aryl methyl sites for hydroxylation is 1. The van der Waals surface area contributed by atoms with E-state index in [1.165, 1.54) is 11.3 Å². The van der Waals surface area contributed by atoms with Crippen LogP contribution >= 0.6 is 11.3 Å². The minimum Gasteiger partial charge on any atom is -0.378 e. The standard InChI is InChI=1S/C19H24N4O4S2/c1-14-2-9-28-17(14)29(24,25)23-4-3-19(12-23)13-27-11-15-10-20-18(21-16(15)19)22-5-7-26-8-6-22/h2,9-10H,3-8,11-13H2,1H3. The molecule has 5 rings (SSSR count). The number of fused-ring (bicyclic) bond motifs is 2. The highest BCUT2D eigenvalue weighted by Crippen LogP contribution is 2.42. The molecule has 0 radical (unpaired) electrons. The van der Waals surface area contributed by atoms with Crippen molar-refractivity contribution < 1.29 is 17.9 Å². The largest absolute Gasteiger partial charge is 0.378 e. The lowest BCUT2D eigenvalue weighted by molar-refractivity contribution is 0.0530. The zero-order valence-electron chi connectivity index (χ0n) is 16.3. The van der Waals surface area contributed by atoms with Crippen molar-refractivity contribution in [1.29, 1.82) is 0 Å². The van der Waals surface area contributed by atoms with Gasteiger partial charge in [0.15, 0.2) is 0 Å². The van der Waals surface area contributed by atoms with Crippen LogP contribution in [0.4, 0.5) is 5.95 Å². The summed E-state index contributed by atoms with van der Waals surface area (Å²) >= 11 is 1.28. The van der Waals surface area contributed by atoms with Crippen LogP contribution in [0.25, 0.3) is 0 Å². The molecule has 29 heavy (non-hydrogen) atoms. The minimum absolute atomic E-state index is 0.388. The highest BCUT2D eigenvalue weighted by molar-refractivity contribution is 7.91. The lowest BCUT2D eigenvalue weighted by Crippen LogP contribution is -2.43. The molecular formula is C19H24N4O4S2. The van der Waals surface area contributed by atoms with Crippen molar-refractivity contribution in [2.24, 2.45) is 0 Å². The smallest absolute Gasteiger partial charge is 0.252 e. The van der Waals surface area contributed by atoms with Crippen LogP contribution < -0.4 is 4.90 Å². The van der Waals surface area contributed by atoms with Crippen molar-refractivity contribution in [3.8, 4) is 0 Å². The fourth-order valence-electron chi connectivity index (χ4n) is 4.39. The second-order valence-corrected chi connectivity index (χ2v) is 10.9. The average Bonchev–Trinajstić information content (AvgIpc) is 3.37. The van der Waals surface area contributed by atoms with Gasteiger partial charge in [-0.3, -0.25) is 0 Å². The first-order valence-corrected chi connectivity index (χ1v) is 12.1. The molecule has 0 bridgehead atoms. The van der Waals surface area contributed by atoms with Crippen LogP contribution in [0.1, 0.15) is 23.2 Å². The van der Waals surface area contributed by atoms with Gasteiger partial charge in [-0.05, 0) is 30.4 Å². The maximum atomic E-state index is 13.2. The number of rotatable bonds is 3. The van der Waals surface area contributed by atoms with Gasteiger partial charge in [0.1, 0.15) is 4.21 Å². The van der Waals surface area contributed by atoms with Gasteiger partial charge < -0.3 is 14.4 Å². The third-order valence-electron chi connectivity index (χ3n) is 5.99. The second kappa shape index (κ2) is 7.28. The molecule has 0 aliphatic carbocycles. The summed E-state index contributed by atoms with van der Waals surface area (Å²) in [6.07, 6.45) is 2.54. The average molecular weight is 437 g/mol. The van der Waals surface area contributed by atoms with Gasteiger partial charge in [0.05, 0.1) is 37.5 Å². The van der Waals surface area contributed by atoms with Crippen molar-refractivity contribution in [3.05, 3.63) is 34.5 Å². The van der Waals surface area contributed by atoms with E-state index in [2.05, 4.69) is 9.88 Å². The van der Waals surface area contributed by atoms with Gasteiger partial charge in [0, 0.05) is 37.9 Å². The molecule has 1 unspecified atom stereocenters. The zero-order valence-corrected chi connectivity index (χ0v) is 18.0. The van der Waals surface area contributed by atoms with E-state index in [9.17, 15) is 8.42 Å². The molecule has 1 spiro atoms. The fraction of sp³-hybridized carbons (Fsp3) is 0.579. The molecule has 2 fully saturated rings. The lowest BCUT2D eigenvalue weighted by Gasteiger charge is -2.35. The lowest BCUT2D eigenvalue weighted by atomic mass is 9.81. The van der Waals surface area contributed by atoms with E-state index in [1.807, 2.05) is 24.6 Å². The first-order valence-electron chi connectivity index (χ1n) is 9.81. The van der Waals surface area contributed by atoms with Gasteiger partial charge in [-0.1, -0.05) is 0 Å². The number of morpholine rings is 1. The van der Waals surface area contributed by atoms with Crippen LogP contribution in [-0.4, -0.2) is 68.7 Å². The molecule has 0 saturated carbocycles. The van der Waals surface area contributed by atoms with E-state index >= 15 is 0 Å². The molecule has 2 aromatic rings. The Labute approximate surface area is 174 Å². The van der Waals surface area contributed by atoms with E-state index < -0.39 is 15.4 Å². The van der Waals surface area contributed by atoms with Crippen molar-refractivity contribution in [3.63, 3.8) is 0 Å². The molecule has 0 aromatic carbocycles. The number of aromatic nitrogens is 2. The van der Waals surface area contributed by atoms with Gasteiger partial charge >= 0.3 is 0 Å². The van der Waals surface area contributed by atoms with E-state index in [1.54, 1.807) is 4.31 Å². The topological polar surface area (TPSA) is 84.9 Å². The number of ether oxygens (including phenoxy) is 2. The molecule has 8 nitrogen and oxygen atoms in total. The summed E-state index contributed by atoms with van der Waals surface area (Å²) in [7, 11) is -3.51. The molecule has 0 amide bonds. The molecule has 5 heterocycles. The Bertz CT molecular complexity index is 1020. The van der Waals surface area contributed by atoms with Crippen LogP contribution in [-0.2, 0) is 31.5 Å². The Hall–Kier alpha value is -1.59. The van der Waals surface area contributed by atoms with Crippen molar-refractivity contribution in [1.82, 2.24) is 14.3 Å². The summed E-state index contributed by atoms with van der Waals surface area (Å²) in [5.74, 6) is 0.698. The van der Waals surface area contributed by atoms with E-state index in [-0.39, 0.29) is 0 Å². The summed E-state index contributed by atoms with van der Waals surface area (Å²) < 4.78 is 39.7. The van der Waals surface area contributed by atoms with E-state index in [0.29, 0.717) is 56.1 Å². The number of nitrogens with zero attached hydrogens (tertiary/aromatic N) is 4. The van der Waals surface area contributed by atoms with Crippen LogP contribution in [0.2, 0.25) is 0 Å². The van der Waals surface area contributed by atoms with Crippen molar-refractivity contribution in [2.75, 3.05) is 50.9 Å². The number of thiophene rings is 1. The highest BCUT2D eigenvalue weighted by Gasteiger charge is 2.48. The Morgan fingerprint density at radius 1 is 1.21 bits per heavy atom. The normalized spacial score (nSPS) is 25.5. The Morgan fingerprint density at radius 3 is 2.79 bits per heavy atom. The number of hydrogen-bond acceptors (Lipinski definition) is 8. The molecule has 2 aromatic heterocycles. The molecule has 156 valence electrons. The number of sulfonamides is 1. The molecular weight excluding hydrogens is 412 g/mol. The molecule has 0 N–H and O–H groups in total. The first kappa shape index (κ1) is 19.4. The summed E-state index contributed by atoms with van der Waals surface area (Å²) in [6.45, 7) is 6.52. The minimum atomic E-state index is -3.51. The Balaban J connectivity index is 1.47. The summed E-state index contributed by atoms with van der Waals surface area (Å²) in [4.78, 5) is 11.6. The Kier molecular flexibility index (Phi) is 4.86. The number of anilines is 1.